The number of nitrogens with one attached hydrogen (secondary N) is 1. The molecule has 2 atom stereocenters. The number of carbonyl (C=O) groups excluding carboxylic acids is 1. The Kier molecular flexibility index (Phi) is 4.28. The molecule has 5 heteroatoms. The Morgan fingerprint density at radius 2 is 2.10 bits per heavy atom. The zero-order valence-corrected chi connectivity index (χ0v) is 13.7. The summed E-state index contributed by atoms with van der Waals surface area (Å²) in [5.41, 5.74) is 1.30. The van der Waals surface area contributed by atoms with E-state index in [1.54, 1.807) is 0 Å². The van der Waals surface area contributed by atoms with Crippen molar-refractivity contribution < 1.29 is 4.79 Å². The van der Waals surface area contributed by atoms with Crippen LogP contribution < -0.4 is 5.32 Å². The number of amides is 1. The third-order valence-corrected chi connectivity index (χ3v) is 4.77. The van der Waals surface area contributed by atoms with E-state index in [1.165, 1.54) is 16.9 Å². The highest BCUT2D eigenvalue weighted by Gasteiger charge is 2.60. The Morgan fingerprint density at radius 1 is 1.40 bits per heavy atom. The molecule has 1 aliphatic rings. The highest BCUT2D eigenvalue weighted by Crippen LogP contribution is 2.59. The van der Waals surface area contributed by atoms with Crippen molar-refractivity contribution in [2.45, 2.75) is 47.5 Å². The van der Waals surface area contributed by atoms with Gasteiger partial charge in [0.1, 0.15) is 5.01 Å². The molecule has 0 spiro atoms. The van der Waals surface area contributed by atoms with E-state index in [4.69, 9.17) is 0 Å². The minimum atomic E-state index is 0.0379. The number of carbonyl (C=O) groups is 1. The minimum absolute atomic E-state index is 0.0379. The maximum absolute atomic E-state index is 12.3. The fourth-order valence-corrected chi connectivity index (χ4v) is 3.50. The van der Waals surface area contributed by atoms with E-state index in [9.17, 15) is 4.79 Å². The minimum Gasteiger partial charge on any atom is -0.300 e. The van der Waals surface area contributed by atoms with Crippen molar-refractivity contribution >= 4 is 22.4 Å². The highest BCUT2D eigenvalue weighted by molar-refractivity contribution is 7.15. The molecule has 1 aliphatic carbocycles. The van der Waals surface area contributed by atoms with Gasteiger partial charge in [-0.1, -0.05) is 43.8 Å². The first-order chi connectivity index (χ1) is 9.36. The van der Waals surface area contributed by atoms with Gasteiger partial charge in [0, 0.05) is 6.42 Å². The quantitative estimate of drug-likeness (QED) is 0.843. The first kappa shape index (κ1) is 15.2. The Bertz CT molecular complexity index is 529. The van der Waals surface area contributed by atoms with Crippen molar-refractivity contribution in [3.05, 3.63) is 16.7 Å². The van der Waals surface area contributed by atoms with Gasteiger partial charge in [-0.25, -0.2) is 0 Å². The van der Waals surface area contributed by atoms with Crippen molar-refractivity contribution in [2.24, 2.45) is 17.3 Å². The Balaban J connectivity index is 2.00. The molecule has 0 saturated heterocycles. The predicted molar refractivity (Wildman–Crippen MR) is 82.7 cm³/mol. The molecule has 1 aromatic rings. The zero-order valence-electron chi connectivity index (χ0n) is 12.9. The van der Waals surface area contributed by atoms with Crippen LogP contribution in [-0.2, 0) is 11.2 Å². The molecule has 0 aliphatic heterocycles. The normalized spacial score (nSPS) is 23.2. The maximum Gasteiger partial charge on any atom is 0.230 e. The van der Waals surface area contributed by atoms with Crippen LogP contribution in [0.25, 0.3) is 0 Å². The lowest BCUT2D eigenvalue weighted by atomic mass is 10.1. The van der Waals surface area contributed by atoms with Gasteiger partial charge >= 0.3 is 0 Å². The molecule has 0 bridgehead atoms. The van der Waals surface area contributed by atoms with E-state index in [-0.39, 0.29) is 17.2 Å². The summed E-state index contributed by atoms with van der Waals surface area (Å²) >= 11 is 1.48. The van der Waals surface area contributed by atoms with Crippen molar-refractivity contribution in [1.29, 1.82) is 0 Å². The van der Waals surface area contributed by atoms with Gasteiger partial charge in [0.25, 0.3) is 0 Å². The predicted octanol–water partition coefficient (Wildman–Crippen LogP) is 3.67. The van der Waals surface area contributed by atoms with E-state index < -0.39 is 0 Å². The van der Waals surface area contributed by atoms with E-state index >= 15 is 0 Å². The molecule has 110 valence electrons. The van der Waals surface area contributed by atoms with Crippen LogP contribution in [0, 0.1) is 17.3 Å². The SMILES string of the molecule is CCCc1nnc(NC(=O)C2C(C=C(C)C)C2(C)C)s1. The molecule has 2 unspecified atom stereocenters. The summed E-state index contributed by atoms with van der Waals surface area (Å²) in [6.07, 6.45) is 4.16. The first-order valence-corrected chi connectivity index (χ1v) is 7.96. The summed E-state index contributed by atoms with van der Waals surface area (Å²) < 4.78 is 0. The molecule has 20 heavy (non-hydrogen) atoms. The smallest absolute Gasteiger partial charge is 0.230 e. The van der Waals surface area contributed by atoms with Crippen LogP contribution in [0.3, 0.4) is 0 Å². The summed E-state index contributed by atoms with van der Waals surface area (Å²) in [6, 6.07) is 0. The summed E-state index contributed by atoms with van der Waals surface area (Å²) in [5.74, 6) is 0.433. The number of hydrogen-bond acceptors (Lipinski definition) is 4. The van der Waals surface area contributed by atoms with Crippen molar-refractivity contribution in [2.75, 3.05) is 5.32 Å². The molecule has 1 fully saturated rings. The lowest BCUT2D eigenvalue weighted by molar-refractivity contribution is -0.118. The second-order valence-corrected chi connectivity index (χ2v) is 7.37. The number of nitrogens with zero attached hydrogens (tertiary/aromatic N) is 2. The van der Waals surface area contributed by atoms with E-state index in [0.717, 1.165) is 17.8 Å². The van der Waals surface area contributed by atoms with Gasteiger partial charge in [-0.15, -0.1) is 10.2 Å². The molecule has 1 aromatic heterocycles. The molecule has 0 aromatic carbocycles. The van der Waals surface area contributed by atoms with Crippen LogP contribution in [0.5, 0.6) is 0 Å². The van der Waals surface area contributed by atoms with Gasteiger partial charge in [-0.3, -0.25) is 4.79 Å². The van der Waals surface area contributed by atoms with Crippen LogP contribution in [0.1, 0.15) is 46.0 Å². The molecule has 1 N–H and O–H groups in total. The van der Waals surface area contributed by atoms with Gasteiger partial charge in [0.2, 0.25) is 11.0 Å². The molecule has 1 heterocycles. The van der Waals surface area contributed by atoms with Crippen LogP contribution in [0.4, 0.5) is 5.13 Å². The van der Waals surface area contributed by atoms with E-state index in [0.29, 0.717) is 11.0 Å². The number of aromatic nitrogens is 2. The lowest BCUT2D eigenvalue weighted by Crippen LogP contribution is -2.16. The summed E-state index contributed by atoms with van der Waals surface area (Å²) in [7, 11) is 0. The van der Waals surface area contributed by atoms with E-state index in [1.807, 2.05) is 0 Å². The van der Waals surface area contributed by atoms with E-state index in [2.05, 4.69) is 56.2 Å². The average molecular weight is 293 g/mol. The third-order valence-electron chi connectivity index (χ3n) is 3.87. The van der Waals surface area contributed by atoms with Gasteiger partial charge in [-0.05, 0) is 31.6 Å². The van der Waals surface area contributed by atoms with Gasteiger partial charge in [0.15, 0.2) is 0 Å². The Labute approximate surface area is 124 Å². The number of aryl methyl sites for hydroxylation is 1. The third kappa shape index (κ3) is 3.08. The van der Waals surface area contributed by atoms with Crippen molar-refractivity contribution in [1.82, 2.24) is 10.2 Å². The second-order valence-electron chi connectivity index (χ2n) is 6.31. The lowest BCUT2D eigenvalue weighted by Gasteiger charge is -2.01. The maximum atomic E-state index is 12.3. The summed E-state index contributed by atoms with van der Waals surface area (Å²) in [5, 5.41) is 12.6. The molecule has 1 saturated carbocycles. The number of anilines is 1. The standard InChI is InChI=1S/C15H23N3OS/c1-6-7-11-17-18-14(20-11)16-13(19)12-10(8-9(2)3)15(12,4)5/h8,10,12H,6-7H2,1-5H3,(H,16,18,19). The van der Waals surface area contributed by atoms with Crippen LogP contribution in [0.2, 0.25) is 0 Å². The van der Waals surface area contributed by atoms with Crippen molar-refractivity contribution in [3.63, 3.8) is 0 Å². The van der Waals surface area contributed by atoms with Gasteiger partial charge < -0.3 is 5.32 Å². The average Bonchev–Trinajstić information content (AvgIpc) is 2.70. The topological polar surface area (TPSA) is 54.9 Å². The molecule has 0 radical (unpaired) electrons. The Morgan fingerprint density at radius 3 is 2.70 bits per heavy atom. The highest BCUT2D eigenvalue weighted by atomic mass is 32.1. The molecule has 1 amide bonds. The number of allylic oxidation sites excluding steroid dienone is 2. The van der Waals surface area contributed by atoms with Gasteiger partial charge in [-0.2, -0.15) is 0 Å². The summed E-state index contributed by atoms with van der Waals surface area (Å²) in [4.78, 5) is 12.3. The largest absolute Gasteiger partial charge is 0.300 e. The summed E-state index contributed by atoms with van der Waals surface area (Å²) in [6.45, 7) is 10.5. The van der Waals surface area contributed by atoms with Crippen LogP contribution >= 0.6 is 11.3 Å². The number of rotatable bonds is 5. The van der Waals surface area contributed by atoms with Crippen molar-refractivity contribution in [3.8, 4) is 0 Å². The monoisotopic (exact) mass is 293 g/mol. The van der Waals surface area contributed by atoms with Crippen LogP contribution in [0.15, 0.2) is 11.6 Å². The molecular weight excluding hydrogens is 270 g/mol. The zero-order chi connectivity index (χ0) is 14.9. The molecule has 4 nitrogen and oxygen atoms in total. The molecule has 2 rings (SSSR count). The van der Waals surface area contributed by atoms with Crippen LogP contribution in [-0.4, -0.2) is 16.1 Å². The molecular formula is C15H23N3OS. The Hall–Kier alpha value is -1.23. The fraction of sp³-hybridized carbons (Fsp3) is 0.667. The van der Waals surface area contributed by atoms with Gasteiger partial charge in [0.05, 0.1) is 5.92 Å². The number of hydrogen-bond donors (Lipinski definition) is 1. The second kappa shape index (κ2) is 5.64. The fourth-order valence-electron chi connectivity index (χ4n) is 2.65. The first-order valence-electron chi connectivity index (χ1n) is 7.14.